The van der Waals surface area contributed by atoms with Gasteiger partial charge in [0.25, 0.3) is 0 Å². The van der Waals surface area contributed by atoms with E-state index in [1.54, 1.807) is 12.5 Å². The lowest BCUT2D eigenvalue weighted by Crippen LogP contribution is -1.47. The van der Waals surface area contributed by atoms with Crippen LogP contribution in [0.3, 0.4) is 0 Å². The zero-order chi connectivity index (χ0) is 4.24. The highest BCUT2D eigenvalue weighted by Gasteiger charge is 1.72. The zero-order valence-corrected chi connectivity index (χ0v) is 3.79. The molecule has 0 unspecified atom stereocenters. The lowest BCUT2D eigenvalue weighted by atomic mass is 10.6. The van der Waals surface area contributed by atoms with Crippen molar-refractivity contribution in [2.24, 2.45) is 0 Å². The number of rotatable bonds is 0. The van der Waals surface area contributed by atoms with E-state index >= 15 is 0 Å². The van der Waals surface area contributed by atoms with Crippen LogP contribution in [0.15, 0.2) is 35.1 Å². The summed E-state index contributed by atoms with van der Waals surface area (Å²) in [6, 6.07) is 5.57. The van der Waals surface area contributed by atoms with Crippen molar-refractivity contribution in [1.29, 1.82) is 0 Å². The molecule has 0 fully saturated rings. The van der Waals surface area contributed by atoms with Crippen LogP contribution in [0, 0.1) is 0 Å². The second kappa shape index (κ2) is 3.31. The molecule has 1 aromatic heterocycles. The Hall–Kier alpha value is -0.890. The molecule has 2 nitrogen and oxygen atoms in total. The fourth-order valence-electron chi connectivity index (χ4n) is 0.291. The normalized spacial score (nSPS) is 6.86. The van der Waals surface area contributed by atoms with Crippen LogP contribution in [0.2, 0.25) is 0 Å². The summed E-state index contributed by atoms with van der Waals surface area (Å²) in [6.45, 7) is 0. The minimum absolute atomic E-state index is 0. The van der Waals surface area contributed by atoms with E-state index < -0.39 is 0 Å². The van der Waals surface area contributed by atoms with E-state index in [4.69, 9.17) is 0 Å². The van der Waals surface area contributed by atoms with Gasteiger partial charge in [-0.25, -0.2) is 4.42 Å². The molecule has 0 saturated heterocycles. The molecule has 1 heterocycles. The maximum Gasteiger partial charge on any atom is 0.317 e. The molecule has 38 valence electrons. The van der Waals surface area contributed by atoms with Crippen molar-refractivity contribution in [3.05, 3.63) is 30.7 Å². The molecule has 0 spiro atoms. The lowest BCUT2D eigenvalue weighted by Gasteiger charge is -1.57. The van der Waals surface area contributed by atoms with Gasteiger partial charge in [-0.2, -0.15) is 0 Å². The molecule has 1 rings (SSSR count). The van der Waals surface area contributed by atoms with Crippen molar-refractivity contribution in [3.8, 4) is 0 Å². The Bertz CT molecular complexity index is 78.0. The Morgan fingerprint density at radius 2 is 1.43 bits per heavy atom. The van der Waals surface area contributed by atoms with Crippen molar-refractivity contribution >= 4 is 0 Å². The summed E-state index contributed by atoms with van der Waals surface area (Å²) in [5, 5.41) is 0. The first-order chi connectivity index (χ1) is 3.00. The molecule has 0 radical (unpaired) electrons. The quantitative estimate of drug-likeness (QED) is 0.442. The predicted octanol–water partition coefficient (Wildman–Crippen LogP) is 0.736. The Morgan fingerprint density at radius 1 is 0.857 bits per heavy atom. The third-order valence-corrected chi connectivity index (χ3v) is 0.536. The molecule has 2 N–H and O–H groups in total. The van der Waals surface area contributed by atoms with E-state index in [1.807, 2.05) is 18.2 Å². The third kappa shape index (κ3) is 1.89. The fraction of sp³-hybridized carbons (Fsp3) is 0. The van der Waals surface area contributed by atoms with Gasteiger partial charge in [0.2, 0.25) is 0 Å². The van der Waals surface area contributed by atoms with Crippen molar-refractivity contribution < 1.29 is 9.89 Å². The molecule has 0 atom stereocenters. The first-order valence-electron chi connectivity index (χ1n) is 1.80. The van der Waals surface area contributed by atoms with E-state index in [0.717, 1.165) is 0 Å². The highest BCUT2D eigenvalue weighted by atomic mass is 16.3. The molecular formula is C5H7O2+. The maximum atomic E-state index is 4.68. The van der Waals surface area contributed by atoms with Gasteiger partial charge in [-0.05, 0) is 6.07 Å². The van der Waals surface area contributed by atoms with E-state index in [1.165, 1.54) is 0 Å². The molecule has 0 saturated carbocycles. The van der Waals surface area contributed by atoms with Crippen molar-refractivity contribution in [2.45, 2.75) is 0 Å². The van der Waals surface area contributed by atoms with Crippen molar-refractivity contribution in [3.63, 3.8) is 0 Å². The van der Waals surface area contributed by atoms with Gasteiger partial charge in [0.15, 0.2) is 0 Å². The first-order valence-corrected chi connectivity index (χ1v) is 1.80. The van der Waals surface area contributed by atoms with Gasteiger partial charge in [-0.3, -0.25) is 0 Å². The zero-order valence-electron chi connectivity index (χ0n) is 3.79. The van der Waals surface area contributed by atoms with Crippen LogP contribution in [0.1, 0.15) is 0 Å². The molecule has 7 heavy (non-hydrogen) atoms. The standard InChI is InChI=1S/C5H5O.H2O/c1-2-4-6-5-3-1;/h1-5H;1H2/q+1;. The Labute approximate surface area is 41.7 Å². The average Bonchev–Trinajstić information content (AvgIpc) is 1.72. The molecule has 0 amide bonds. The van der Waals surface area contributed by atoms with Gasteiger partial charge in [0.1, 0.15) is 0 Å². The summed E-state index contributed by atoms with van der Waals surface area (Å²) >= 11 is 0. The monoisotopic (exact) mass is 99.0 g/mol. The fourth-order valence-corrected chi connectivity index (χ4v) is 0.291. The Kier molecular flexibility index (Phi) is 2.89. The summed E-state index contributed by atoms with van der Waals surface area (Å²) in [6.07, 6.45) is 3.25. The third-order valence-electron chi connectivity index (χ3n) is 0.536. The molecule has 0 bridgehead atoms. The minimum Gasteiger partial charge on any atom is -0.412 e. The van der Waals surface area contributed by atoms with E-state index in [2.05, 4.69) is 4.42 Å². The molecule has 1 aromatic rings. The van der Waals surface area contributed by atoms with Crippen LogP contribution in [-0.4, -0.2) is 5.48 Å². The smallest absolute Gasteiger partial charge is 0.317 e. The van der Waals surface area contributed by atoms with Gasteiger partial charge in [-0.15, -0.1) is 0 Å². The molecule has 0 aliphatic rings. The first kappa shape index (κ1) is 6.11. The molecule has 2 heteroatoms. The maximum absolute atomic E-state index is 4.68. The van der Waals surface area contributed by atoms with Gasteiger partial charge in [-0.1, -0.05) is 0 Å². The highest BCUT2D eigenvalue weighted by molar-refractivity contribution is 4.84. The largest absolute Gasteiger partial charge is 0.412 e. The summed E-state index contributed by atoms with van der Waals surface area (Å²) in [5.41, 5.74) is 0. The Morgan fingerprint density at radius 3 is 1.57 bits per heavy atom. The van der Waals surface area contributed by atoms with E-state index in [-0.39, 0.29) is 5.48 Å². The second-order valence-corrected chi connectivity index (χ2v) is 0.986. The van der Waals surface area contributed by atoms with Crippen LogP contribution < -0.4 is 0 Å². The molecular weight excluding hydrogens is 92.1 g/mol. The van der Waals surface area contributed by atoms with Gasteiger partial charge in [0.05, 0.1) is 0 Å². The van der Waals surface area contributed by atoms with E-state index in [0.29, 0.717) is 0 Å². The summed E-state index contributed by atoms with van der Waals surface area (Å²) in [4.78, 5) is 0. The molecule has 0 aliphatic heterocycles. The minimum atomic E-state index is 0. The molecule has 0 aromatic carbocycles. The van der Waals surface area contributed by atoms with Crippen LogP contribution in [0.25, 0.3) is 0 Å². The highest BCUT2D eigenvalue weighted by Crippen LogP contribution is 1.79. The van der Waals surface area contributed by atoms with Gasteiger partial charge >= 0.3 is 12.5 Å². The van der Waals surface area contributed by atoms with E-state index in [9.17, 15) is 0 Å². The Balaban J connectivity index is 0.000000360. The van der Waals surface area contributed by atoms with Crippen LogP contribution in [-0.2, 0) is 0 Å². The number of hydrogen-bond donors (Lipinski definition) is 0. The summed E-state index contributed by atoms with van der Waals surface area (Å²) in [7, 11) is 0. The predicted molar refractivity (Wildman–Crippen MR) is 26.7 cm³/mol. The average molecular weight is 99.1 g/mol. The van der Waals surface area contributed by atoms with Crippen molar-refractivity contribution in [2.75, 3.05) is 0 Å². The van der Waals surface area contributed by atoms with Crippen molar-refractivity contribution in [1.82, 2.24) is 0 Å². The topological polar surface area (TPSA) is 42.8 Å². The summed E-state index contributed by atoms with van der Waals surface area (Å²) in [5.74, 6) is 0. The van der Waals surface area contributed by atoms with Crippen LogP contribution in [0.4, 0.5) is 0 Å². The summed E-state index contributed by atoms with van der Waals surface area (Å²) < 4.78 is 4.68. The SMILES string of the molecule is O.c1cc[o+]cc1. The van der Waals surface area contributed by atoms with Crippen LogP contribution >= 0.6 is 0 Å². The molecule has 0 aliphatic carbocycles. The second-order valence-electron chi connectivity index (χ2n) is 0.986. The lowest BCUT2D eigenvalue weighted by molar-refractivity contribution is 0.550. The van der Waals surface area contributed by atoms with Crippen LogP contribution in [0.5, 0.6) is 0 Å². The van der Waals surface area contributed by atoms with Gasteiger partial charge < -0.3 is 5.48 Å². The van der Waals surface area contributed by atoms with Gasteiger partial charge in [0, 0.05) is 12.1 Å². The number of hydrogen-bond acceptors (Lipinski definition) is 0.